The number of nitrogens with zero attached hydrogens (tertiary/aromatic N) is 3. The van der Waals surface area contributed by atoms with Crippen LogP contribution in [0.2, 0.25) is 0 Å². The van der Waals surface area contributed by atoms with Crippen LogP contribution in [0.3, 0.4) is 0 Å². The average molecular weight is 395 g/mol. The van der Waals surface area contributed by atoms with Crippen molar-refractivity contribution in [1.82, 2.24) is 13.5 Å². The molecule has 0 aliphatic carbocycles. The van der Waals surface area contributed by atoms with Gasteiger partial charge in [0.25, 0.3) is 10.0 Å². The van der Waals surface area contributed by atoms with Gasteiger partial charge in [-0.15, -0.1) is 3.89 Å². The van der Waals surface area contributed by atoms with E-state index in [0.29, 0.717) is 10.3 Å². The Kier molecular flexibility index (Phi) is 5.70. The third kappa shape index (κ3) is 3.95. The standard InChI is InChI=1S/C17H15F2N3O2S2/c18-16-11-20-22(25-19)17(16)26(23,24)21(12-14-7-3-1-4-8-14)13-15-9-5-2-6-10-15/h1-11H,12-13H2. The SMILES string of the molecule is O=S(=O)(c1c(F)cnn1SF)N(Cc1ccccc1)Cc1ccccc1. The van der Waals surface area contributed by atoms with E-state index in [1.54, 1.807) is 48.5 Å². The third-order valence-corrected chi connectivity index (χ3v) is 6.02. The van der Waals surface area contributed by atoms with E-state index in [1.807, 2.05) is 12.1 Å². The van der Waals surface area contributed by atoms with Crippen molar-refractivity contribution in [3.63, 3.8) is 0 Å². The smallest absolute Gasteiger partial charge is 0.205 e. The maximum absolute atomic E-state index is 14.1. The lowest BCUT2D eigenvalue weighted by Gasteiger charge is -2.22. The van der Waals surface area contributed by atoms with E-state index in [-0.39, 0.29) is 13.1 Å². The summed E-state index contributed by atoms with van der Waals surface area (Å²) in [6.45, 7) is 0.0271. The van der Waals surface area contributed by atoms with Gasteiger partial charge in [-0.05, 0) is 11.1 Å². The first-order valence-electron chi connectivity index (χ1n) is 7.63. The lowest BCUT2D eigenvalue weighted by atomic mass is 10.2. The average Bonchev–Trinajstić information content (AvgIpc) is 3.04. The van der Waals surface area contributed by atoms with Gasteiger partial charge in [0.05, 0.1) is 6.20 Å². The number of benzene rings is 2. The normalized spacial score (nSPS) is 11.8. The van der Waals surface area contributed by atoms with Gasteiger partial charge >= 0.3 is 0 Å². The molecule has 136 valence electrons. The van der Waals surface area contributed by atoms with E-state index in [1.165, 1.54) is 0 Å². The van der Waals surface area contributed by atoms with Crippen molar-refractivity contribution in [1.29, 1.82) is 0 Å². The Hall–Kier alpha value is -2.23. The van der Waals surface area contributed by atoms with Gasteiger partial charge in [-0.3, -0.25) is 0 Å². The molecule has 0 aliphatic heterocycles. The van der Waals surface area contributed by atoms with Crippen LogP contribution in [0.4, 0.5) is 8.28 Å². The summed E-state index contributed by atoms with van der Waals surface area (Å²) in [5.74, 6) is -1.10. The summed E-state index contributed by atoms with van der Waals surface area (Å²) < 4.78 is 54.7. The van der Waals surface area contributed by atoms with E-state index < -0.39 is 33.2 Å². The van der Waals surface area contributed by atoms with Gasteiger partial charge in [0.1, 0.15) is 0 Å². The van der Waals surface area contributed by atoms with Crippen LogP contribution in [0.25, 0.3) is 0 Å². The fraction of sp³-hybridized carbons (Fsp3) is 0.118. The minimum absolute atomic E-state index is 0.0135. The molecule has 0 saturated heterocycles. The molecular weight excluding hydrogens is 380 g/mol. The summed E-state index contributed by atoms with van der Waals surface area (Å²) in [5, 5.41) is 2.61. The van der Waals surface area contributed by atoms with Crippen molar-refractivity contribution >= 4 is 22.4 Å². The zero-order valence-corrected chi connectivity index (χ0v) is 15.1. The molecule has 9 heteroatoms. The molecule has 0 atom stereocenters. The van der Waals surface area contributed by atoms with Gasteiger partial charge in [0.15, 0.2) is 18.2 Å². The van der Waals surface area contributed by atoms with Gasteiger partial charge < -0.3 is 0 Å². The largest absolute Gasteiger partial charge is 0.265 e. The van der Waals surface area contributed by atoms with Crippen LogP contribution < -0.4 is 0 Å². The molecule has 0 spiro atoms. The number of hydrogen-bond donors (Lipinski definition) is 0. The Balaban J connectivity index is 2.02. The molecule has 0 N–H and O–H groups in total. The lowest BCUT2D eigenvalue weighted by molar-refractivity contribution is 0.394. The highest BCUT2D eigenvalue weighted by Gasteiger charge is 2.33. The molecule has 0 radical (unpaired) electrons. The Morgan fingerprint density at radius 2 is 1.46 bits per heavy atom. The molecule has 0 saturated carbocycles. The van der Waals surface area contributed by atoms with Crippen molar-refractivity contribution in [2.75, 3.05) is 0 Å². The van der Waals surface area contributed by atoms with E-state index in [2.05, 4.69) is 5.10 Å². The highest BCUT2D eigenvalue weighted by Crippen LogP contribution is 2.26. The van der Waals surface area contributed by atoms with Crippen molar-refractivity contribution in [3.05, 3.63) is 83.8 Å². The number of halogens is 2. The third-order valence-electron chi connectivity index (χ3n) is 3.71. The molecule has 0 amide bonds. The fourth-order valence-corrected chi connectivity index (χ4v) is 4.52. The molecule has 3 rings (SSSR count). The van der Waals surface area contributed by atoms with Gasteiger partial charge in [0, 0.05) is 13.1 Å². The topological polar surface area (TPSA) is 55.2 Å². The predicted molar refractivity (Wildman–Crippen MR) is 95.6 cm³/mol. The highest BCUT2D eigenvalue weighted by atomic mass is 32.2. The van der Waals surface area contributed by atoms with E-state index >= 15 is 0 Å². The molecule has 5 nitrogen and oxygen atoms in total. The van der Waals surface area contributed by atoms with Crippen LogP contribution in [-0.2, 0) is 23.1 Å². The second kappa shape index (κ2) is 7.98. The minimum atomic E-state index is -4.33. The predicted octanol–water partition coefficient (Wildman–Crippen LogP) is 3.79. The van der Waals surface area contributed by atoms with Gasteiger partial charge in [-0.2, -0.15) is 13.5 Å². The zero-order valence-electron chi connectivity index (χ0n) is 13.5. The van der Waals surface area contributed by atoms with E-state index in [9.17, 15) is 16.7 Å². The van der Waals surface area contributed by atoms with Crippen LogP contribution in [0.1, 0.15) is 11.1 Å². The maximum Gasteiger partial charge on any atom is 0.265 e. The molecular formula is C17H15F2N3O2S2. The molecule has 0 aliphatic rings. The zero-order chi connectivity index (χ0) is 18.6. The quantitative estimate of drug-likeness (QED) is 0.611. The van der Waals surface area contributed by atoms with Gasteiger partial charge in [0.2, 0.25) is 5.03 Å². The number of rotatable bonds is 7. The molecule has 0 unspecified atom stereocenters. The van der Waals surface area contributed by atoms with E-state index in [0.717, 1.165) is 15.4 Å². The van der Waals surface area contributed by atoms with Crippen LogP contribution >= 0.6 is 12.3 Å². The van der Waals surface area contributed by atoms with Crippen LogP contribution in [-0.4, -0.2) is 21.9 Å². The van der Waals surface area contributed by atoms with Crippen molar-refractivity contribution in [3.8, 4) is 0 Å². The molecule has 0 bridgehead atoms. The summed E-state index contributed by atoms with van der Waals surface area (Å²) in [5.41, 5.74) is 1.46. The van der Waals surface area contributed by atoms with Gasteiger partial charge in [-0.25, -0.2) is 12.8 Å². The first-order valence-corrected chi connectivity index (χ1v) is 9.74. The first kappa shape index (κ1) is 18.6. The summed E-state index contributed by atoms with van der Waals surface area (Å²) in [7, 11) is -4.33. The van der Waals surface area contributed by atoms with Crippen molar-refractivity contribution in [2.45, 2.75) is 18.1 Å². The number of hydrogen-bond acceptors (Lipinski definition) is 4. The monoisotopic (exact) mass is 395 g/mol. The Labute approximate surface area is 154 Å². The molecule has 2 aromatic carbocycles. The fourth-order valence-electron chi connectivity index (χ4n) is 2.50. The highest BCUT2D eigenvalue weighted by molar-refractivity contribution is 7.94. The number of aromatic nitrogens is 2. The van der Waals surface area contributed by atoms with Crippen molar-refractivity contribution in [2.24, 2.45) is 0 Å². The summed E-state index contributed by atoms with van der Waals surface area (Å²) >= 11 is -0.467. The Morgan fingerprint density at radius 3 is 1.92 bits per heavy atom. The number of sulfonamides is 1. The van der Waals surface area contributed by atoms with Crippen LogP contribution in [0.15, 0.2) is 71.9 Å². The molecule has 3 aromatic rings. The van der Waals surface area contributed by atoms with E-state index in [4.69, 9.17) is 0 Å². The molecule has 0 fully saturated rings. The Morgan fingerprint density at radius 1 is 0.962 bits per heavy atom. The summed E-state index contributed by atoms with van der Waals surface area (Å²) in [6.07, 6.45) is 0.683. The first-order chi connectivity index (χ1) is 12.5. The van der Waals surface area contributed by atoms with Gasteiger partial charge in [-0.1, -0.05) is 60.7 Å². The summed E-state index contributed by atoms with van der Waals surface area (Å²) in [4.78, 5) is 0. The van der Waals surface area contributed by atoms with Crippen molar-refractivity contribution < 1.29 is 16.7 Å². The minimum Gasteiger partial charge on any atom is -0.205 e. The van der Waals surface area contributed by atoms with Crippen LogP contribution in [0.5, 0.6) is 0 Å². The second-order valence-electron chi connectivity index (χ2n) is 5.48. The molecule has 1 aromatic heterocycles. The Bertz CT molecular complexity index is 923. The summed E-state index contributed by atoms with van der Waals surface area (Å²) in [6, 6.07) is 17.8. The molecule has 26 heavy (non-hydrogen) atoms. The maximum atomic E-state index is 14.1. The molecule has 1 heterocycles. The second-order valence-corrected chi connectivity index (χ2v) is 7.82. The van der Waals surface area contributed by atoms with Crippen LogP contribution in [0, 0.1) is 5.82 Å². The lowest BCUT2D eigenvalue weighted by Crippen LogP contribution is -2.32.